The highest BCUT2D eigenvalue weighted by atomic mass is 19.4. The summed E-state index contributed by atoms with van der Waals surface area (Å²) in [6.45, 7) is 1.65. The van der Waals surface area contributed by atoms with Crippen LogP contribution in [-0.2, 0) is 11.8 Å². The number of hydrogen-bond acceptors (Lipinski definition) is 5. The normalized spacial score (nSPS) is 21.1. The third-order valence-corrected chi connectivity index (χ3v) is 5.97. The quantitative estimate of drug-likeness (QED) is 0.547. The third-order valence-electron chi connectivity index (χ3n) is 5.97. The predicted molar refractivity (Wildman–Crippen MR) is 114 cm³/mol. The fraction of sp³-hybridized carbons (Fsp3) is 0.348. The summed E-state index contributed by atoms with van der Waals surface area (Å²) >= 11 is 0. The molecule has 0 aliphatic heterocycles. The number of carbonyl (C=O) groups excluding carboxylic acids is 1. The lowest BCUT2D eigenvalue weighted by Crippen LogP contribution is -2.34. The number of nitrogens with one attached hydrogen (secondary N) is 1. The van der Waals surface area contributed by atoms with Crippen molar-refractivity contribution in [2.75, 3.05) is 5.32 Å². The third kappa shape index (κ3) is 4.76. The molecule has 1 amide bonds. The Morgan fingerprint density at radius 1 is 1.12 bits per heavy atom. The number of hydrogen-bond donors (Lipinski definition) is 3. The van der Waals surface area contributed by atoms with Crippen LogP contribution in [0.25, 0.3) is 5.69 Å². The van der Waals surface area contributed by atoms with Gasteiger partial charge in [0.1, 0.15) is 5.60 Å². The van der Waals surface area contributed by atoms with Crippen molar-refractivity contribution < 1.29 is 28.2 Å². The Balaban J connectivity index is 1.47. The van der Waals surface area contributed by atoms with Crippen molar-refractivity contribution in [3.8, 4) is 5.69 Å². The Kier molecular flexibility index (Phi) is 5.98. The van der Waals surface area contributed by atoms with E-state index in [9.17, 15) is 28.2 Å². The zero-order valence-electron chi connectivity index (χ0n) is 17.8. The van der Waals surface area contributed by atoms with Crippen LogP contribution in [0, 0.1) is 6.92 Å². The number of aliphatic hydroxyl groups excluding tert-OH is 1. The second kappa shape index (κ2) is 8.60. The predicted octanol–water partition coefficient (Wildman–Crippen LogP) is 3.97. The molecule has 0 unspecified atom stereocenters. The van der Waals surface area contributed by atoms with Gasteiger partial charge in [0.15, 0.2) is 0 Å². The average molecular weight is 460 g/mol. The largest absolute Gasteiger partial charge is 0.416 e. The van der Waals surface area contributed by atoms with Crippen LogP contribution >= 0.6 is 0 Å². The molecule has 3 N–H and O–H groups in total. The number of aliphatic hydroxyl groups is 2. The Morgan fingerprint density at radius 2 is 1.79 bits per heavy atom. The van der Waals surface area contributed by atoms with Gasteiger partial charge in [-0.2, -0.15) is 18.3 Å². The molecule has 0 saturated heterocycles. The van der Waals surface area contributed by atoms with Gasteiger partial charge < -0.3 is 15.5 Å². The molecule has 0 atom stereocenters. The minimum absolute atomic E-state index is 0.263. The van der Waals surface area contributed by atoms with E-state index in [0.29, 0.717) is 48.4 Å². The molecular formula is C23H23F3N4O3. The minimum Gasteiger partial charge on any atom is -0.393 e. The van der Waals surface area contributed by atoms with Crippen molar-refractivity contribution in [1.29, 1.82) is 0 Å². The standard InChI is InChI=1S/C23H23F3N4O3/c1-14-19(13-28-30(14)17-5-2-15(3-6-17)23(24,25)26)21(32)29-16-4-7-20(27-12-16)22(33)10-8-18(31)9-11-22/h2-7,12-13,18,31,33H,8-11H2,1H3,(H,29,32)/t18-,22+. The number of alkyl halides is 3. The van der Waals surface area contributed by atoms with E-state index in [1.807, 2.05) is 0 Å². The van der Waals surface area contributed by atoms with E-state index >= 15 is 0 Å². The number of nitrogens with zero attached hydrogens (tertiary/aromatic N) is 3. The topological polar surface area (TPSA) is 100 Å². The maximum absolute atomic E-state index is 12.8. The monoisotopic (exact) mass is 460 g/mol. The molecule has 174 valence electrons. The van der Waals surface area contributed by atoms with Gasteiger partial charge in [0.2, 0.25) is 0 Å². The van der Waals surface area contributed by atoms with Gasteiger partial charge in [-0.15, -0.1) is 0 Å². The van der Waals surface area contributed by atoms with Gasteiger partial charge in [-0.1, -0.05) is 0 Å². The molecule has 3 aromatic rings. The number of anilines is 1. The molecule has 1 fully saturated rings. The van der Waals surface area contributed by atoms with Gasteiger partial charge in [-0.25, -0.2) is 4.68 Å². The van der Waals surface area contributed by atoms with Crippen LogP contribution in [0.3, 0.4) is 0 Å². The lowest BCUT2D eigenvalue weighted by Gasteiger charge is -2.33. The molecule has 10 heteroatoms. The lowest BCUT2D eigenvalue weighted by atomic mass is 9.81. The highest BCUT2D eigenvalue weighted by Gasteiger charge is 2.35. The van der Waals surface area contributed by atoms with Crippen LogP contribution in [0.1, 0.15) is 53.0 Å². The van der Waals surface area contributed by atoms with E-state index < -0.39 is 29.4 Å². The van der Waals surface area contributed by atoms with Gasteiger partial charge in [-0.05, 0) is 69.0 Å². The molecule has 0 radical (unpaired) electrons. The average Bonchev–Trinajstić information content (AvgIpc) is 3.17. The second-order valence-electron chi connectivity index (χ2n) is 8.25. The zero-order valence-corrected chi connectivity index (χ0v) is 17.8. The maximum atomic E-state index is 12.8. The number of rotatable bonds is 4. The summed E-state index contributed by atoms with van der Waals surface area (Å²) in [7, 11) is 0. The van der Waals surface area contributed by atoms with Crippen molar-refractivity contribution in [1.82, 2.24) is 14.8 Å². The maximum Gasteiger partial charge on any atom is 0.416 e. The first-order chi connectivity index (χ1) is 15.6. The van der Waals surface area contributed by atoms with Gasteiger partial charge in [-0.3, -0.25) is 9.78 Å². The van der Waals surface area contributed by atoms with Crippen LogP contribution < -0.4 is 5.32 Å². The molecule has 1 aliphatic carbocycles. The molecule has 0 spiro atoms. The second-order valence-corrected chi connectivity index (χ2v) is 8.25. The molecule has 0 bridgehead atoms. The number of amides is 1. The summed E-state index contributed by atoms with van der Waals surface area (Å²) in [6, 6.07) is 7.80. The summed E-state index contributed by atoms with van der Waals surface area (Å²) in [5.74, 6) is -0.445. The van der Waals surface area contributed by atoms with Gasteiger partial charge in [0, 0.05) is 0 Å². The smallest absolute Gasteiger partial charge is 0.393 e. The highest BCUT2D eigenvalue weighted by molar-refractivity contribution is 6.04. The molecule has 2 aromatic heterocycles. The number of pyridine rings is 1. The number of halogens is 3. The van der Waals surface area contributed by atoms with Crippen molar-refractivity contribution in [3.63, 3.8) is 0 Å². The Labute approximate surface area is 187 Å². The summed E-state index contributed by atoms with van der Waals surface area (Å²) in [6.07, 6.45) is -0.218. The molecular weight excluding hydrogens is 437 g/mol. The van der Waals surface area contributed by atoms with E-state index in [1.165, 1.54) is 29.2 Å². The zero-order chi connectivity index (χ0) is 23.8. The summed E-state index contributed by atoms with van der Waals surface area (Å²) in [5, 5.41) is 27.3. The first-order valence-corrected chi connectivity index (χ1v) is 10.5. The van der Waals surface area contributed by atoms with Crippen molar-refractivity contribution in [2.24, 2.45) is 0 Å². The summed E-state index contributed by atoms with van der Waals surface area (Å²) in [4.78, 5) is 17.0. The van der Waals surface area contributed by atoms with Gasteiger partial charge >= 0.3 is 6.18 Å². The first kappa shape index (κ1) is 22.9. The van der Waals surface area contributed by atoms with Crippen LogP contribution in [0.2, 0.25) is 0 Å². The molecule has 2 heterocycles. The SMILES string of the molecule is Cc1c(C(=O)Nc2ccc([C@]3(O)CC[C@@H](O)CC3)nc2)cnn1-c1ccc(C(F)(F)F)cc1. The van der Waals surface area contributed by atoms with Crippen LogP contribution in [0.15, 0.2) is 48.8 Å². The summed E-state index contributed by atoms with van der Waals surface area (Å²) < 4.78 is 39.7. The molecule has 33 heavy (non-hydrogen) atoms. The van der Waals surface area contributed by atoms with Crippen molar-refractivity contribution in [2.45, 2.75) is 50.5 Å². The first-order valence-electron chi connectivity index (χ1n) is 10.5. The Bertz CT molecular complexity index is 1130. The van der Waals surface area contributed by atoms with Crippen LogP contribution in [-0.4, -0.2) is 37.0 Å². The lowest BCUT2D eigenvalue weighted by molar-refractivity contribution is -0.137. The number of benzene rings is 1. The number of carbonyl (C=O) groups is 1. The molecule has 4 rings (SSSR count). The van der Waals surface area contributed by atoms with E-state index in [4.69, 9.17) is 0 Å². The van der Waals surface area contributed by atoms with Crippen molar-refractivity contribution >= 4 is 11.6 Å². The fourth-order valence-corrected chi connectivity index (χ4v) is 3.96. The van der Waals surface area contributed by atoms with E-state index in [2.05, 4.69) is 15.4 Å². The van der Waals surface area contributed by atoms with Crippen LogP contribution in [0.5, 0.6) is 0 Å². The van der Waals surface area contributed by atoms with Gasteiger partial charge in [0.05, 0.1) is 52.4 Å². The highest BCUT2D eigenvalue weighted by Crippen LogP contribution is 2.36. The van der Waals surface area contributed by atoms with Crippen LogP contribution in [0.4, 0.5) is 18.9 Å². The van der Waals surface area contributed by atoms with E-state index in [0.717, 1.165) is 12.1 Å². The Morgan fingerprint density at radius 3 is 2.36 bits per heavy atom. The molecule has 7 nitrogen and oxygen atoms in total. The molecule has 1 aliphatic rings. The van der Waals surface area contributed by atoms with E-state index in [-0.39, 0.29) is 5.56 Å². The number of aromatic nitrogens is 3. The van der Waals surface area contributed by atoms with Gasteiger partial charge in [0.25, 0.3) is 5.91 Å². The van der Waals surface area contributed by atoms with E-state index in [1.54, 1.807) is 19.1 Å². The fourth-order valence-electron chi connectivity index (χ4n) is 3.96. The minimum atomic E-state index is -4.43. The Hall–Kier alpha value is -3.24. The van der Waals surface area contributed by atoms with Crippen molar-refractivity contribution in [3.05, 3.63) is 71.3 Å². The molecule has 1 saturated carbocycles. The summed E-state index contributed by atoms with van der Waals surface area (Å²) in [5.41, 5.74) is 0.172. The molecule has 1 aromatic carbocycles.